The Morgan fingerprint density at radius 3 is 2.61 bits per heavy atom. The van der Waals surface area contributed by atoms with E-state index in [1.165, 1.54) is 9.75 Å². The third-order valence-corrected chi connectivity index (χ3v) is 4.42. The number of nitrogens with one attached hydrogen (secondary N) is 2. The SMILES string of the molecule is CCc1ccc(CNC(=NC)NCc2ccnc(OC)c2)s1.I. The molecule has 0 amide bonds. The van der Waals surface area contributed by atoms with Crippen LogP contribution in [0.15, 0.2) is 35.5 Å². The maximum Gasteiger partial charge on any atom is 0.213 e. The zero-order valence-corrected chi connectivity index (χ0v) is 16.8. The van der Waals surface area contributed by atoms with Gasteiger partial charge < -0.3 is 15.4 Å². The van der Waals surface area contributed by atoms with Crippen LogP contribution in [0.2, 0.25) is 0 Å². The van der Waals surface area contributed by atoms with Gasteiger partial charge in [-0.25, -0.2) is 4.98 Å². The maximum absolute atomic E-state index is 5.12. The number of rotatable bonds is 6. The summed E-state index contributed by atoms with van der Waals surface area (Å²) in [7, 11) is 3.39. The van der Waals surface area contributed by atoms with Gasteiger partial charge in [0.15, 0.2) is 5.96 Å². The lowest BCUT2D eigenvalue weighted by molar-refractivity contribution is 0.397. The summed E-state index contributed by atoms with van der Waals surface area (Å²) in [5, 5.41) is 6.61. The Kier molecular flexibility index (Phi) is 8.93. The molecule has 0 atom stereocenters. The van der Waals surface area contributed by atoms with Crippen molar-refractivity contribution in [1.29, 1.82) is 0 Å². The monoisotopic (exact) mass is 446 g/mol. The molecule has 2 rings (SSSR count). The third-order valence-electron chi connectivity index (χ3n) is 3.19. The summed E-state index contributed by atoms with van der Waals surface area (Å²) < 4.78 is 5.12. The first-order chi connectivity index (χ1) is 10.7. The van der Waals surface area contributed by atoms with Crippen LogP contribution in [-0.2, 0) is 19.5 Å². The molecule has 2 aromatic heterocycles. The first-order valence-electron chi connectivity index (χ1n) is 7.26. The molecule has 0 aromatic carbocycles. The molecule has 0 unspecified atom stereocenters. The van der Waals surface area contributed by atoms with Crippen LogP contribution in [0.25, 0.3) is 0 Å². The fourth-order valence-electron chi connectivity index (χ4n) is 1.96. The number of guanidine groups is 1. The summed E-state index contributed by atoms with van der Waals surface area (Å²) in [5.41, 5.74) is 1.10. The molecule has 7 heteroatoms. The number of hydrogen-bond donors (Lipinski definition) is 2. The molecule has 0 saturated carbocycles. The first kappa shape index (κ1) is 19.7. The van der Waals surface area contributed by atoms with Crippen LogP contribution in [0.3, 0.4) is 0 Å². The van der Waals surface area contributed by atoms with Crippen molar-refractivity contribution in [3.8, 4) is 5.88 Å². The maximum atomic E-state index is 5.12. The fraction of sp³-hybridized carbons (Fsp3) is 0.375. The van der Waals surface area contributed by atoms with E-state index < -0.39 is 0 Å². The van der Waals surface area contributed by atoms with E-state index in [1.54, 1.807) is 20.4 Å². The van der Waals surface area contributed by atoms with Crippen molar-refractivity contribution in [2.24, 2.45) is 4.99 Å². The largest absolute Gasteiger partial charge is 0.481 e. The molecule has 5 nitrogen and oxygen atoms in total. The van der Waals surface area contributed by atoms with Crippen molar-refractivity contribution in [2.45, 2.75) is 26.4 Å². The molecule has 2 heterocycles. The Bertz CT molecular complexity index is 630. The van der Waals surface area contributed by atoms with E-state index in [1.807, 2.05) is 23.5 Å². The Morgan fingerprint density at radius 2 is 1.96 bits per heavy atom. The summed E-state index contributed by atoms with van der Waals surface area (Å²) in [6, 6.07) is 8.21. The van der Waals surface area contributed by atoms with Crippen LogP contribution in [-0.4, -0.2) is 25.1 Å². The number of aryl methyl sites for hydroxylation is 1. The number of pyridine rings is 1. The smallest absolute Gasteiger partial charge is 0.213 e. The zero-order chi connectivity index (χ0) is 15.8. The zero-order valence-electron chi connectivity index (χ0n) is 13.6. The van der Waals surface area contributed by atoms with Crippen molar-refractivity contribution in [3.63, 3.8) is 0 Å². The topological polar surface area (TPSA) is 58.5 Å². The van der Waals surface area contributed by atoms with E-state index in [0.29, 0.717) is 12.4 Å². The highest BCUT2D eigenvalue weighted by molar-refractivity contribution is 14.0. The predicted octanol–water partition coefficient (Wildman–Crippen LogP) is 3.20. The highest BCUT2D eigenvalue weighted by Crippen LogP contribution is 2.16. The van der Waals surface area contributed by atoms with Crippen LogP contribution in [0, 0.1) is 0 Å². The highest BCUT2D eigenvalue weighted by atomic mass is 127. The number of thiophene rings is 1. The molecule has 0 fully saturated rings. The van der Waals surface area contributed by atoms with E-state index >= 15 is 0 Å². The van der Waals surface area contributed by atoms with Gasteiger partial charge in [-0.1, -0.05) is 6.92 Å². The van der Waals surface area contributed by atoms with Gasteiger partial charge in [0, 0.05) is 35.6 Å². The lowest BCUT2D eigenvalue weighted by atomic mass is 10.2. The number of nitrogens with zero attached hydrogens (tertiary/aromatic N) is 2. The lowest BCUT2D eigenvalue weighted by Gasteiger charge is -2.11. The molecule has 0 aliphatic rings. The van der Waals surface area contributed by atoms with Gasteiger partial charge in [0.05, 0.1) is 13.7 Å². The summed E-state index contributed by atoms with van der Waals surface area (Å²) in [6.07, 6.45) is 2.82. The predicted molar refractivity (Wildman–Crippen MR) is 107 cm³/mol. The van der Waals surface area contributed by atoms with Gasteiger partial charge in [0.25, 0.3) is 0 Å². The van der Waals surface area contributed by atoms with Crippen molar-refractivity contribution in [3.05, 3.63) is 45.8 Å². The number of aromatic nitrogens is 1. The Labute approximate surface area is 158 Å². The number of halogens is 1. The van der Waals surface area contributed by atoms with E-state index in [2.05, 4.69) is 39.7 Å². The van der Waals surface area contributed by atoms with Crippen molar-refractivity contribution >= 4 is 41.3 Å². The average Bonchev–Trinajstić information content (AvgIpc) is 3.03. The summed E-state index contributed by atoms with van der Waals surface area (Å²) in [6.45, 7) is 3.62. The van der Waals surface area contributed by atoms with Gasteiger partial charge in [-0.05, 0) is 30.2 Å². The minimum Gasteiger partial charge on any atom is -0.481 e. The van der Waals surface area contributed by atoms with Crippen LogP contribution in [0.1, 0.15) is 22.2 Å². The number of aliphatic imine (C=N–C) groups is 1. The Hall–Kier alpha value is -1.35. The molecule has 2 N–H and O–H groups in total. The van der Waals surface area contributed by atoms with Crippen molar-refractivity contribution in [2.75, 3.05) is 14.2 Å². The number of hydrogen-bond acceptors (Lipinski definition) is 4. The molecule has 0 spiro atoms. The molecular weight excluding hydrogens is 423 g/mol. The molecule has 0 aliphatic heterocycles. The van der Waals surface area contributed by atoms with Crippen LogP contribution >= 0.6 is 35.3 Å². The van der Waals surface area contributed by atoms with Gasteiger partial charge in [0.2, 0.25) is 5.88 Å². The second kappa shape index (κ2) is 10.4. The second-order valence-corrected chi connectivity index (χ2v) is 5.96. The second-order valence-electron chi connectivity index (χ2n) is 4.71. The summed E-state index contributed by atoms with van der Waals surface area (Å²) >= 11 is 1.83. The number of methoxy groups -OCH3 is 1. The van der Waals surface area contributed by atoms with Gasteiger partial charge >= 0.3 is 0 Å². The molecule has 0 radical (unpaired) electrons. The van der Waals surface area contributed by atoms with E-state index in [0.717, 1.165) is 24.5 Å². The minimum atomic E-state index is 0. The average molecular weight is 446 g/mol. The minimum absolute atomic E-state index is 0. The quantitative estimate of drug-likeness (QED) is 0.407. The first-order valence-corrected chi connectivity index (χ1v) is 8.07. The van der Waals surface area contributed by atoms with Crippen LogP contribution in [0.4, 0.5) is 0 Å². The Balaban J connectivity index is 0.00000264. The summed E-state index contributed by atoms with van der Waals surface area (Å²) in [5.74, 6) is 1.40. The molecular formula is C16H23IN4OS. The highest BCUT2D eigenvalue weighted by Gasteiger charge is 2.02. The molecule has 0 aliphatic carbocycles. The van der Waals surface area contributed by atoms with Gasteiger partial charge in [0.1, 0.15) is 0 Å². The van der Waals surface area contributed by atoms with Crippen LogP contribution < -0.4 is 15.4 Å². The Morgan fingerprint density at radius 1 is 1.22 bits per heavy atom. The number of ether oxygens (including phenoxy) is 1. The molecule has 0 saturated heterocycles. The van der Waals surface area contributed by atoms with Crippen molar-refractivity contribution in [1.82, 2.24) is 15.6 Å². The molecule has 23 heavy (non-hydrogen) atoms. The molecule has 126 valence electrons. The van der Waals surface area contributed by atoms with Crippen molar-refractivity contribution < 1.29 is 4.74 Å². The van der Waals surface area contributed by atoms with Gasteiger partial charge in [-0.15, -0.1) is 35.3 Å². The van der Waals surface area contributed by atoms with E-state index in [-0.39, 0.29) is 24.0 Å². The van der Waals surface area contributed by atoms with Gasteiger partial charge in [-0.3, -0.25) is 4.99 Å². The third kappa shape index (κ3) is 6.34. The molecule has 2 aromatic rings. The normalized spacial score (nSPS) is 10.8. The van der Waals surface area contributed by atoms with E-state index in [9.17, 15) is 0 Å². The van der Waals surface area contributed by atoms with E-state index in [4.69, 9.17) is 4.74 Å². The fourth-order valence-corrected chi connectivity index (χ4v) is 2.85. The van der Waals surface area contributed by atoms with Crippen LogP contribution in [0.5, 0.6) is 5.88 Å². The molecule has 0 bridgehead atoms. The lowest BCUT2D eigenvalue weighted by Crippen LogP contribution is -2.36. The summed E-state index contributed by atoms with van der Waals surface area (Å²) in [4.78, 5) is 11.1. The van der Waals surface area contributed by atoms with Gasteiger partial charge in [-0.2, -0.15) is 0 Å². The standard InChI is InChI=1S/C16H22N4OS.HI/c1-4-13-5-6-14(22-13)11-20-16(17-2)19-10-12-7-8-18-15(9-12)21-3;/h5-9H,4,10-11H2,1-3H3,(H2,17,19,20);1H.